The summed E-state index contributed by atoms with van der Waals surface area (Å²) in [6, 6.07) is 0. The first-order valence-electron chi connectivity index (χ1n) is 4.55. The third-order valence-electron chi connectivity index (χ3n) is 2.22. The molecule has 0 aromatic carbocycles. The summed E-state index contributed by atoms with van der Waals surface area (Å²) >= 11 is 6.82. The Morgan fingerprint density at radius 2 is 2.21 bits per heavy atom. The van der Waals surface area contributed by atoms with Gasteiger partial charge in [-0.2, -0.15) is 4.37 Å². The van der Waals surface area contributed by atoms with E-state index in [-0.39, 0.29) is 0 Å². The fourth-order valence-corrected chi connectivity index (χ4v) is 2.01. The zero-order valence-electron chi connectivity index (χ0n) is 7.61. The highest BCUT2D eigenvalue weighted by Gasteiger charge is 2.16. The molecule has 1 aliphatic rings. The molecule has 1 fully saturated rings. The average Bonchev–Trinajstić information content (AvgIpc) is 2.63. The Hall–Kier alpha value is -0.390. The molecule has 1 aliphatic heterocycles. The molecule has 0 atom stereocenters. The minimum atomic E-state index is 0.363. The lowest BCUT2D eigenvalue weighted by Gasteiger charge is -2.21. The molecule has 0 bridgehead atoms. The quantitative estimate of drug-likeness (QED) is 0.803. The van der Waals surface area contributed by atoms with Crippen LogP contribution in [0, 0.1) is 5.92 Å². The van der Waals surface area contributed by atoms with Crippen molar-refractivity contribution in [2.75, 3.05) is 19.8 Å². The van der Waals surface area contributed by atoms with Gasteiger partial charge in [-0.3, -0.25) is 0 Å². The molecule has 1 aromatic rings. The van der Waals surface area contributed by atoms with Crippen LogP contribution in [-0.2, 0) is 4.74 Å². The van der Waals surface area contributed by atoms with E-state index in [0.29, 0.717) is 23.6 Å². The van der Waals surface area contributed by atoms with Crippen molar-refractivity contribution in [3.8, 4) is 5.88 Å². The standard InChI is InChI=1S/C8H11ClN2O2S/c9-7-8(11-14-10-7)13-5-6-1-3-12-4-2-6/h6H,1-5H2. The molecule has 1 saturated heterocycles. The van der Waals surface area contributed by atoms with Crippen LogP contribution in [-0.4, -0.2) is 28.6 Å². The molecule has 14 heavy (non-hydrogen) atoms. The fourth-order valence-electron chi connectivity index (χ4n) is 1.37. The highest BCUT2D eigenvalue weighted by molar-refractivity contribution is 6.99. The van der Waals surface area contributed by atoms with E-state index >= 15 is 0 Å². The van der Waals surface area contributed by atoms with Crippen molar-refractivity contribution in [2.45, 2.75) is 12.8 Å². The molecule has 0 unspecified atom stereocenters. The Balaban J connectivity index is 1.79. The van der Waals surface area contributed by atoms with Crippen molar-refractivity contribution < 1.29 is 9.47 Å². The van der Waals surface area contributed by atoms with E-state index < -0.39 is 0 Å². The maximum absolute atomic E-state index is 5.74. The number of hydrogen-bond donors (Lipinski definition) is 0. The molecule has 6 heteroatoms. The van der Waals surface area contributed by atoms with Crippen molar-refractivity contribution in [1.29, 1.82) is 0 Å². The van der Waals surface area contributed by atoms with Crippen LogP contribution < -0.4 is 4.74 Å². The van der Waals surface area contributed by atoms with Gasteiger partial charge >= 0.3 is 0 Å². The van der Waals surface area contributed by atoms with Crippen molar-refractivity contribution in [2.24, 2.45) is 5.92 Å². The van der Waals surface area contributed by atoms with Crippen LogP contribution in [0.3, 0.4) is 0 Å². The number of halogens is 1. The third kappa shape index (κ3) is 2.56. The van der Waals surface area contributed by atoms with Crippen LogP contribution in [0.15, 0.2) is 0 Å². The van der Waals surface area contributed by atoms with E-state index in [0.717, 1.165) is 37.8 Å². The van der Waals surface area contributed by atoms with Gasteiger partial charge in [0.2, 0.25) is 5.15 Å². The Morgan fingerprint density at radius 1 is 1.43 bits per heavy atom. The van der Waals surface area contributed by atoms with Gasteiger partial charge in [0.1, 0.15) is 0 Å². The second kappa shape index (κ2) is 4.91. The number of ether oxygens (including phenoxy) is 2. The zero-order valence-corrected chi connectivity index (χ0v) is 9.18. The Kier molecular flexibility index (Phi) is 3.55. The maximum atomic E-state index is 5.74. The molecule has 2 rings (SSSR count). The van der Waals surface area contributed by atoms with Crippen LogP contribution in [0.25, 0.3) is 0 Å². The van der Waals surface area contributed by atoms with Gasteiger partial charge in [-0.1, -0.05) is 11.6 Å². The summed E-state index contributed by atoms with van der Waals surface area (Å²) in [6.07, 6.45) is 2.10. The molecule has 0 radical (unpaired) electrons. The first-order valence-corrected chi connectivity index (χ1v) is 5.65. The van der Waals surface area contributed by atoms with Crippen molar-refractivity contribution in [3.63, 3.8) is 0 Å². The lowest BCUT2D eigenvalue weighted by molar-refractivity contribution is 0.0492. The largest absolute Gasteiger partial charge is 0.475 e. The van der Waals surface area contributed by atoms with Gasteiger partial charge in [0.05, 0.1) is 18.3 Å². The summed E-state index contributed by atoms with van der Waals surface area (Å²) in [5.74, 6) is 1.02. The minimum Gasteiger partial charge on any atom is -0.475 e. The fraction of sp³-hybridized carbons (Fsp3) is 0.750. The molecule has 2 heterocycles. The molecule has 1 aromatic heterocycles. The van der Waals surface area contributed by atoms with Crippen LogP contribution in [0.5, 0.6) is 5.88 Å². The second-order valence-corrected chi connectivity index (χ2v) is 4.11. The number of nitrogens with zero attached hydrogens (tertiary/aromatic N) is 2. The van der Waals surface area contributed by atoms with Gasteiger partial charge in [-0.25, -0.2) is 0 Å². The van der Waals surface area contributed by atoms with Crippen molar-refractivity contribution in [1.82, 2.24) is 8.75 Å². The summed E-state index contributed by atoms with van der Waals surface area (Å²) in [7, 11) is 0. The van der Waals surface area contributed by atoms with E-state index in [1.807, 2.05) is 0 Å². The first-order chi connectivity index (χ1) is 6.86. The van der Waals surface area contributed by atoms with E-state index in [2.05, 4.69) is 8.75 Å². The van der Waals surface area contributed by atoms with Crippen LogP contribution in [0.2, 0.25) is 5.15 Å². The molecule has 0 spiro atoms. The normalized spacial score (nSPS) is 18.4. The summed E-state index contributed by atoms with van der Waals surface area (Å²) in [6.45, 7) is 2.32. The Bertz CT molecular complexity index is 289. The zero-order chi connectivity index (χ0) is 9.80. The van der Waals surface area contributed by atoms with Gasteiger partial charge in [-0.15, -0.1) is 4.37 Å². The minimum absolute atomic E-state index is 0.363. The third-order valence-corrected chi connectivity index (χ3v) is 3.08. The van der Waals surface area contributed by atoms with E-state index in [1.54, 1.807) is 0 Å². The molecule has 0 amide bonds. The molecule has 0 aliphatic carbocycles. The van der Waals surface area contributed by atoms with Gasteiger partial charge in [0, 0.05) is 13.2 Å². The molecule has 0 saturated carbocycles. The average molecular weight is 235 g/mol. The van der Waals surface area contributed by atoms with Gasteiger partial charge in [-0.05, 0) is 18.8 Å². The molecular weight excluding hydrogens is 224 g/mol. The summed E-state index contributed by atoms with van der Waals surface area (Å²) in [4.78, 5) is 0. The smallest absolute Gasteiger partial charge is 0.265 e. The topological polar surface area (TPSA) is 44.2 Å². The molecule has 0 N–H and O–H groups in total. The summed E-state index contributed by atoms with van der Waals surface area (Å²) in [5.41, 5.74) is 0. The van der Waals surface area contributed by atoms with E-state index in [1.165, 1.54) is 0 Å². The van der Waals surface area contributed by atoms with E-state index in [9.17, 15) is 0 Å². The lowest BCUT2D eigenvalue weighted by Crippen LogP contribution is -2.21. The molecule has 78 valence electrons. The Morgan fingerprint density at radius 3 is 2.86 bits per heavy atom. The van der Waals surface area contributed by atoms with Gasteiger partial charge < -0.3 is 9.47 Å². The van der Waals surface area contributed by atoms with Crippen LogP contribution in [0.1, 0.15) is 12.8 Å². The maximum Gasteiger partial charge on any atom is 0.265 e. The highest BCUT2D eigenvalue weighted by atomic mass is 35.5. The van der Waals surface area contributed by atoms with Crippen LogP contribution >= 0.6 is 23.3 Å². The van der Waals surface area contributed by atoms with Crippen molar-refractivity contribution >= 4 is 23.3 Å². The number of rotatable bonds is 3. The second-order valence-electron chi connectivity index (χ2n) is 3.23. The highest BCUT2D eigenvalue weighted by Crippen LogP contribution is 2.22. The number of hydrogen-bond acceptors (Lipinski definition) is 5. The van der Waals surface area contributed by atoms with Gasteiger partial charge in [0.25, 0.3) is 5.88 Å². The van der Waals surface area contributed by atoms with Crippen LogP contribution in [0.4, 0.5) is 0 Å². The first kappa shape index (κ1) is 10.1. The Labute approximate surface area is 91.5 Å². The van der Waals surface area contributed by atoms with E-state index in [4.69, 9.17) is 21.1 Å². The monoisotopic (exact) mass is 234 g/mol. The predicted octanol–water partition coefficient (Wildman–Crippen LogP) is 2.00. The number of aromatic nitrogens is 2. The van der Waals surface area contributed by atoms with Crippen molar-refractivity contribution in [3.05, 3.63) is 5.15 Å². The lowest BCUT2D eigenvalue weighted by atomic mass is 10.0. The molecular formula is C8H11ClN2O2S. The van der Waals surface area contributed by atoms with Gasteiger partial charge in [0.15, 0.2) is 0 Å². The SMILES string of the molecule is Clc1nsnc1OCC1CCOCC1. The predicted molar refractivity (Wildman–Crippen MR) is 54.0 cm³/mol. The summed E-state index contributed by atoms with van der Waals surface area (Å²) < 4.78 is 18.5. The summed E-state index contributed by atoms with van der Waals surface area (Å²) in [5, 5.41) is 0.363. The molecule has 4 nitrogen and oxygen atoms in total.